The molecule has 118 valence electrons. The average Bonchev–Trinajstić information content (AvgIpc) is 2.41. The summed E-state index contributed by atoms with van der Waals surface area (Å²) in [5.74, 6) is 0.282. The molecular formula is C14H20Cl2N2O2S. The van der Waals surface area contributed by atoms with Gasteiger partial charge in [-0.3, -0.25) is 0 Å². The zero-order chi connectivity index (χ0) is 15.6. The highest BCUT2D eigenvalue weighted by Crippen LogP contribution is 2.29. The van der Waals surface area contributed by atoms with Gasteiger partial charge < -0.3 is 5.32 Å². The van der Waals surface area contributed by atoms with E-state index < -0.39 is 10.0 Å². The molecule has 0 aliphatic carbocycles. The first-order chi connectivity index (χ1) is 9.77. The molecule has 1 aliphatic heterocycles. The minimum absolute atomic E-state index is 0.282. The summed E-state index contributed by atoms with van der Waals surface area (Å²) in [7, 11) is -3.10. The first-order valence-electron chi connectivity index (χ1n) is 6.92. The Labute approximate surface area is 136 Å². The fourth-order valence-electron chi connectivity index (χ4n) is 2.53. The molecule has 1 aromatic rings. The van der Waals surface area contributed by atoms with Gasteiger partial charge in [-0.05, 0) is 43.4 Å². The fraction of sp³-hybridized carbons (Fsp3) is 0.571. The Kier molecular flexibility index (Phi) is 5.41. The van der Waals surface area contributed by atoms with Crippen molar-refractivity contribution in [3.8, 4) is 0 Å². The molecule has 0 amide bonds. The molecule has 7 heteroatoms. The highest BCUT2D eigenvalue weighted by atomic mass is 35.5. The highest BCUT2D eigenvalue weighted by Gasteiger charge is 2.25. The maximum Gasteiger partial charge on any atom is 0.211 e. The molecule has 0 radical (unpaired) electrons. The zero-order valence-electron chi connectivity index (χ0n) is 12.2. The monoisotopic (exact) mass is 350 g/mol. The summed E-state index contributed by atoms with van der Waals surface area (Å²) in [6.07, 6.45) is 3.16. The van der Waals surface area contributed by atoms with E-state index >= 15 is 0 Å². The Morgan fingerprint density at radius 1 is 1.33 bits per heavy atom. The predicted molar refractivity (Wildman–Crippen MR) is 88.8 cm³/mol. The van der Waals surface area contributed by atoms with Crippen LogP contribution in [-0.2, 0) is 10.0 Å². The SMILES string of the molecule is Cc1cc(Cl)c(NCC2CCCN(S(C)(=O)=O)C2)cc1Cl. The second-order valence-electron chi connectivity index (χ2n) is 5.59. The summed E-state index contributed by atoms with van der Waals surface area (Å²) in [5.41, 5.74) is 1.73. The number of rotatable bonds is 4. The van der Waals surface area contributed by atoms with E-state index in [0.717, 1.165) is 24.1 Å². The van der Waals surface area contributed by atoms with Crippen LogP contribution in [0.1, 0.15) is 18.4 Å². The zero-order valence-corrected chi connectivity index (χ0v) is 14.5. The molecule has 4 nitrogen and oxygen atoms in total. The van der Waals surface area contributed by atoms with E-state index in [1.165, 1.54) is 6.26 Å². The Balaban J connectivity index is 1.98. The summed E-state index contributed by atoms with van der Waals surface area (Å²) in [5, 5.41) is 4.59. The van der Waals surface area contributed by atoms with Crippen LogP contribution < -0.4 is 5.32 Å². The molecule has 0 aromatic heterocycles. The van der Waals surface area contributed by atoms with Gasteiger partial charge in [-0.2, -0.15) is 0 Å². The van der Waals surface area contributed by atoms with Gasteiger partial charge in [-0.25, -0.2) is 12.7 Å². The molecule has 1 aliphatic rings. The molecule has 0 saturated carbocycles. The lowest BCUT2D eigenvalue weighted by Crippen LogP contribution is -2.41. The molecule has 1 N–H and O–H groups in total. The number of sulfonamides is 1. The maximum atomic E-state index is 11.6. The van der Waals surface area contributed by atoms with Crippen LogP contribution in [-0.4, -0.2) is 38.6 Å². The Morgan fingerprint density at radius 2 is 2.05 bits per heavy atom. The number of halogens is 2. The van der Waals surface area contributed by atoms with Crippen molar-refractivity contribution in [2.75, 3.05) is 31.2 Å². The molecule has 1 heterocycles. The van der Waals surface area contributed by atoms with E-state index in [2.05, 4.69) is 5.32 Å². The Morgan fingerprint density at radius 3 is 2.71 bits per heavy atom. The second kappa shape index (κ2) is 6.73. The normalized spacial score (nSPS) is 20.5. The number of hydrogen-bond acceptors (Lipinski definition) is 3. The van der Waals surface area contributed by atoms with E-state index in [1.54, 1.807) is 4.31 Å². The number of aryl methyl sites for hydroxylation is 1. The van der Waals surface area contributed by atoms with Gasteiger partial charge in [0.15, 0.2) is 0 Å². The maximum absolute atomic E-state index is 11.6. The number of anilines is 1. The summed E-state index contributed by atoms with van der Waals surface area (Å²) in [4.78, 5) is 0. The topological polar surface area (TPSA) is 49.4 Å². The third-order valence-electron chi connectivity index (χ3n) is 3.78. The van der Waals surface area contributed by atoms with Gasteiger partial charge in [0.2, 0.25) is 10.0 Å². The van der Waals surface area contributed by atoms with E-state index in [9.17, 15) is 8.42 Å². The van der Waals surface area contributed by atoms with Crippen LogP contribution in [0.25, 0.3) is 0 Å². The molecule has 1 fully saturated rings. The van der Waals surface area contributed by atoms with Crippen LogP contribution in [0.2, 0.25) is 10.0 Å². The average molecular weight is 351 g/mol. The molecule has 21 heavy (non-hydrogen) atoms. The third-order valence-corrected chi connectivity index (χ3v) is 5.77. The predicted octanol–water partition coefficient (Wildman–Crippen LogP) is 3.39. The van der Waals surface area contributed by atoms with E-state index in [-0.39, 0.29) is 5.92 Å². The van der Waals surface area contributed by atoms with Crippen LogP contribution in [0.5, 0.6) is 0 Å². The quantitative estimate of drug-likeness (QED) is 0.905. The first-order valence-corrected chi connectivity index (χ1v) is 9.52. The van der Waals surface area contributed by atoms with Gasteiger partial charge in [0, 0.05) is 24.7 Å². The first kappa shape index (κ1) is 16.9. The molecule has 2 rings (SSSR count). The molecule has 1 atom stereocenters. The number of nitrogens with one attached hydrogen (secondary N) is 1. The Bertz CT molecular complexity index is 620. The van der Waals surface area contributed by atoms with E-state index in [1.807, 2.05) is 19.1 Å². The van der Waals surface area contributed by atoms with Crippen LogP contribution >= 0.6 is 23.2 Å². The molecule has 0 bridgehead atoms. The van der Waals surface area contributed by atoms with Gasteiger partial charge in [-0.1, -0.05) is 23.2 Å². The van der Waals surface area contributed by atoms with Crippen molar-refractivity contribution < 1.29 is 8.42 Å². The molecule has 0 spiro atoms. The van der Waals surface area contributed by atoms with Crippen molar-refractivity contribution in [2.24, 2.45) is 5.92 Å². The molecule has 1 aromatic carbocycles. The number of benzene rings is 1. The van der Waals surface area contributed by atoms with Crippen LogP contribution in [0.4, 0.5) is 5.69 Å². The minimum Gasteiger partial charge on any atom is -0.383 e. The minimum atomic E-state index is -3.10. The summed E-state index contributed by atoms with van der Waals surface area (Å²) in [6.45, 7) is 3.77. The van der Waals surface area contributed by atoms with Gasteiger partial charge in [0.1, 0.15) is 0 Å². The smallest absolute Gasteiger partial charge is 0.211 e. The lowest BCUT2D eigenvalue weighted by Gasteiger charge is -2.31. The van der Waals surface area contributed by atoms with Crippen LogP contribution in [0.15, 0.2) is 12.1 Å². The molecule has 1 saturated heterocycles. The van der Waals surface area contributed by atoms with Crippen molar-refractivity contribution in [3.05, 3.63) is 27.7 Å². The van der Waals surface area contributed by atoms with Crippen molar-refractivity contribution >= 4 is 38.9 Å². The van der Waals surface area contributed by atoms with Crippen LogP contribution in [0, 0.1) is 12.8 Å². The van der Waals surface area contributed by atoms with Gasteiger partial charge in [0.25, 0.3) is 0 Å². The van der Waals surface area contributed by atoms with Gasteiger partial charge in [-0.15, -0.1) is 0 Å². The summed E-state index contributed by atoms with van der Waals surface area (Å²) < 4.78 is 24.8. The lowest BCUT2D eigenvalue weighted by atomic mass is 9.99. The number of piperidine rings is 1. The van der Waals surface area contributed by atoms with Crippen molar-refractivity contribution in [3.63, 3.8) is 0 Å². The van der Waals surface area contributed by atoms with Crippen molar-refractivity contribution in [1.29, 1.82) is 0 Å². The second-order valence-corrected chi connectivity index (χ2v) is 8.39. The lowest BCUT2D eigenvalue weighted by molar-refractivity contribution is 0.277. The molecular weight excluding hydrogens is 331 g/mol. The third kappa shape index (κ3) is 4.49. The van der Waals surface area contributed by atoms with Gasteiger partial charge >= 0.3 is 0 Å². The van der Waals surface area contributed by atoms with E-state index in [0.29, 0.717) is 29.7 Å². The largest absolute Gasteiger partial charge is 0.383 e. The van der Waals surface area contributed by atoms with E-state index in [4.69, 9.17) is 23.2 Å². The summed E-state index contributed by atoms with van der Waals surface area (Å²) in [6, 6.07) is 3.65. The number of nitrogens with zero attached hydrogens (tertiary/aromatic N) is 1. The van der Waals surface area contributed by atoms with Crippen molar-refractivity contribution in [2.45, 2.75) is 19.8 Å². The van der Waals surface area contributed by atoms with Crippen LogP contribution in [0.3, 0.4) is 0 Å². The van der Waals surface area contributed by atoms with Crippen molar-refractivity contribution in [1.82, 2.24) is 4.31 Å². The van der Waals surface area contributed by atoms with Gasteiger partial charge in [0.05, 0.1) is 17.0 Å². The summed E-state index contributed by atoms with van der Waals surface area (Å²) >= 11 is 12.3. The Hall–Kier alpha value is -0.490. The molecule has 1 unspecified atom stereocenters. The fourth-order valence-corrected chi connectivity index (χ4v) is 3.92. The standard InChI is InChI=1S/C14H20Cl2N2O2S/c1-10-6-13(16)14(7-12(10)15)17-8-11-4-3-5-18(9-11)21(2,19)20/h6-7,11,17H,3-5,8-9H2,1-2H3. The number of hydrogen-bond donors (Lipinski definition) is 1. The highest BCUT2D eigenvalue weighted by molar-refractivity contribution is 7.88.